The fourth-order valence-corrected chi connectivity index (χ4v) is 3.20. The number of carbonyl (C=O) groups is 1. The van der Waals surface area contributed by atoms with Gasteiger partial charge in [-0.1, -0.05) is 18.2 Å². The molecule has 0 saturated heterocycles. The molecule has 0 atom stereocenters. The third kappa shape index (κ3) is 3.31. The minimum Gasteiger partial charge on any atom is -0.496 e. The molecule has 6 heteroatoms. The van der Waals surface area contributed by atoms with E-state index in [1.165, 1.54) is 0 Å². The number of rotatable bonds is 5. The van der Waals surface area contributed by atoms with E-state index in [-0.39, 0.29) is 0 Å². The average molecular weight is 353 g/mol. The highest BCUT2D eigenvalue weighted by molar-refractivity contribution is 6.00. The van der Waals surface area contributed by atoms with Gasteiger partial charge in [-0.2, -0.15) is 0 Å². The topological polar surface area (TPSA) is 75.4 Å². The van der Waals surface area contributed by atoms with Crippen LogP contribution in [0.2, 0.25) is 0 Å². The second-order valence-electron chi connectivity index (χ2n) is 6.01. The van der Waals surface area contributed by atoms with Gasteiger partial charge in [-0.15, -0.1) is 0 Å². The van der Waals surface area contributed by atoms with E-state index in [0.29, 0.717) is 12.3 Å². The molecule has 0 saturated carbocycles. The Morgan fingerprint density at radius 2 is 1.92 bits per heavy atom. The van der Waals surface area contributed by atoms with E-state index in [9.17, 15) is 4.79 Å². The number of H-pyrrole nitrogens is 1. The first-order valence-electron chi connectivity index (χ1n) is 8.50. The average Bonchev–Trinajstić information content (AvgIpc) is 2.95. The van der Waals surface area contributed by atoms with Crippen molar-refractivity contribution in [3.05, 3.63) is 47.7 Å². The Bertz CT molecular complexity index is 947. The number of anilines is 1. The molecule has 0 spiro atoms. The number of hydrogen-bond acceptors (Lipinski definition) is 4. The second-order valence-corrected chi connectivity index (χ2v) is 6.01. The minimum atomic E-state index is -0.527. The summed E-state index contributed by atoms with van der Waals surface area (Å²) < 4.78 is 10.5. The highest BCUT2D eigenvalue weighted by atomic mass is 16.5. The Labute approximate surface area is 152 Å². The van der Waals surface area contributed by atoms with E-state index in [0.717, 1.165) is 39.0 Å². The van der Waals surface area contributed by atoms with Crippen LogP contribution in [0.5, 0.6) is 5.75 Å². The van der Waals surface area contributed by atoms with Gasteiger partial charge in [0.05, 0.1) is 19.4 Å². The number of aromatic nitrogens is 1. The quantitative estimate of drug-likeness (QED) is 0.589. The molecule has 0 unspecified atom stereocenters. The zero-order valence-corrected chi connectivity index (χ0v) is 15.4. The van der Waals surface area contributed by atoms with Crippen LogP contribution in [-0.2, 0) is 4.74 Å². The molecule has 0 aliphatic heterocycles. The molecule has 2 aromatic carbocycles. The van der Waals surface area contributed by atoms with Gasteiger partial charge >= 0.3 is 6.09 Å². The Hall–Kier alpha value is -3.15. The van der Waals surface area contributed by atoms with Crippen molar-refractivity contribution in [2.75, 3.05) is 19.1 Å². The summed E-state index contributed by atoms with van der Waals surface area (Å²) in [6.45, 7) is 6.15. The van der Waals surface area contributed by atoms with Crippen molar-refractivity contribution >= 4 is 22.7 Å². The van der Waals surface area contributed by atoms with E-state index < -0.39 is 6.09 Å². The van der Waals surface area contributed by atoms with Crippen molar-refractivity contribution in [1.29, 1.82) is 0 Å². The molecule has 3 aromatic rings. The van der Waals surface area contributed by atoms with Gasteiger partial charge in [-0.3, -0.25) is 5.43 Å². The molecular weight excluding hydrogens is 330 g/mol. The van der Waals surface area contributed by atoms with Gasteiger partial charge in [0.15, 0.2) is 0 Å². The van der Waals surface area contributed by atoms with E-state index in [1.807, 2.05) is 31.2 Å². The summed E-state index contributed by atoms with van der Waals surface area (Å²) in [4.78, 5) is 14.9. The number of methoxy groups -OCH3 is 1. The van der Waals surface area contributed by atoms with Crippen molar-refractivity contribution in [3.8, 4) is 16.9 Å². The number of benzene rings is 2. The first kappa shape index (κ1) is 17.7. The van der Waals surface area contributed by atoms with E-state index in [2.05, 4.69) is 34.9 Å². The predicted molar refractivity (Wildman–Crippen MR) is 104 cm³/mol. The van der Waals surface area contributed by atoms with E-state index in [1.54, 1.807) is 14.0 Å². The Balaban J connectivity index is 2.02. The molecular formula is C20H23N3O3. The summed E-state index contributed by atoms with van der Waals surface area (Å²) in [7, 11) is 1.64. The fraction of sp³-hybridized carbons (Fsp3) is 0.250. The summed E-state index contributed by atoms with van der Waals surface area (Å²) >= 11 is 0. The SMILES string of the molecule is CCOC(=O)NNc1cc(C)c(-c2c(C)[nH]c3ccccc23)c(OC)c1. The van der Waals surface area contributed by atoms with Gasteiger partial charge in [0.1, 0.15) is 5.75 Å². The Morgan fingerprint density at radius 1 is 1.15 bits per heavy atom. The monoisotopic (exact) mass is 353 g/mol. The smallest absolute Gasteiger partial charge is 0.425 e. The number of ether oxygens (including phenoxy) is 2. The molecule has 0 bridgehead atoms. The maximum absolute atomic E-state index is 11.5. The number of nitrogens with one attached hydrogen (secondary N) is 3. The Morgan fingerprint density at radius 3 is 2.65 bits per heavy atom. The van der Waals surface area contributed by atoms with Gasteiger partial charge in [-0.05, 0) is 38.5 Å². The number of para-hydroxylation sites is 1. The van der Waals surface area contributed by atoms with Gasteiger partial charge < -0.3 is 14.5 Å². The molecule has 0 aliphatic rings. The van der Waals surface area contributed by atoms with Crippen LogP contribution < -0.4 is 15.6 Å². The first-order valence-corrected chi connectivity index (χ1v) is 8.50. The third-order valence-corrected chi connectivity index (χ3v) is 4.25. The molecule has 0 fully saturated rings. The van der Waals surface area contributed by atoms with Crippen LogP contribution in [0.4, 0.5) is 10.5 Å². The number of carbonyl (C=O) groups excluding carboxylic acids is 1. The standard InChI is InChI=1S/C20H23N3O3/c1-5-26-20(24)23-22-14-10-12(2)18(17(11-14)25-4)19-13(3)21-16-9-7-6-8-15(16)19/h6-11,21-22H,5H2,1-4H3,(H,23,24). The molecule has 0 radical (unpaired) electrons. The Kier molecular flexibility index (Phi) is 5.02. The summed E-state index contributed by atoms with van der Waals surface area (Å²) in [5.74, 6) is 0.728. The molecule has 136 valence electrons. The zero-order chi connectivity index (χ0) is 18.7. The molecule has 1 heterocycles. The van der Waals surface area contributed by atoms with Crippen LogP contribution in [0.25, 0.3) is 22.0 Å². The van der Waals surface area contributed by atoms with Crippen LogP contribution in [-0.4, -0.2) is 24.8 Å². The third-order valence-electron chi connectivity index (χ3n) is 4.25. The zero-order valence-electron chi connectivity index (χ0n) is 15.4. The molecule has 1 aromatic heterocycles. The molecule has 6 nitrogen and oxygen atoms in total. The van der Waals surface area contributed by atoms with Crippen molar-refractivity contribution in [2.24, 2.45) is 0 Å². The molecule has 3 N–H and O–H groups in total. The molecule has 0 aliphatic carbocycles. The molecule has 26 heavy (non-hydrogen) atoms. The number of amides is 1. The number of aryl methyl sites for hydroxylation is 2. The van der Waals surface area contributed by atoms with E-state index in [4.69, 9.17) is 9.47 Å². The number of hydrogen-bond donors (Lipinski definition) is 3. The van der Waals surface area contributed by atoms with Crippen molar-refractivity contribution in [2.45, 2.75) is 20.8 Å². The van der Waals surface area contributed by atoms with Crippen LogP contribution in [0.15, 0.2) is 36.4 Å². The summed E-state index contributed by atoms with van der Waals surface area (Å²) in [5.41, 5.74) is 11.4. The van der Waals surface area contributed by atoms with Gasteiger partial charge in [-0.25, -0.2) is 10.2 Å². The minimum absolute atomic E-state index is 0.314. The summed E-state index contributed by atoms with van der Waals surface area (Å²) in [6.07, 6.45) is -0.527. The van der Waals surface area contributed by atoms with Crippen LogP contribution in [0.1, 0.15) is 18.2 Å². The number of aromatic amines is 1. The summed E-state index contributed by atoms with van der Waals surface area (Å²) in [6, 6.07) is 12.0. The highest BCUT2D eigenvalue weighted by Crippen LogP contribution is 2.41. The van der Waals surface area contributed by atoms with Crippen molar-refractivity contribution < 1.29 is 14.3 Å². The number of fused-ring (bicyclic) bond motifs is 1. The normalized spacial score (nSPS) is 10.6. The van der Waals surface area contributed by atoms with Crippen molar-refractivity contribution in [3.63, 3.8) is 0 Å². The maximum atomic E-state index is 11.5. The molecule has 3 rings (SSSR count). The first-order chi connectivity index (χ1) is 12.5. The van der Waals surface area contributed by atoms with Gasteiger partial charge in [0.25, 0.3) is 0 Å². The maximum Gasteiger partial charge on any atom is 0.425 e. The summed E-state index contributed by atoms with van der Waals surface area (Å²) in [5, 5.41) is 1.15. The van der Waals surface area contributed by atoms with Gasteiger partial charge in [0.2, 0.25) is 0 Å². The predicted octanol–water partition coefficient (Wildman–Crippen LogP) is 4.53. The van der Waals surface area contributed by atoms with Gasteiger partial charge in [0, 0.05) is 33.8 Å². The fourth-order valence-electron chi connectivity index (χ4n) is 3.20. The largest absolute Gasteiger partial charge is 0.496 e. The second kappa shape index (κ2) is 7.39. The lowest BCUT2D eigenvalue weighted by Crippen LogP contribution is -2.30. The molecule has 1 amide bonds. The lowest BCUT2D eigenvalue weighted by atomic mass is 9.96. The van der Waals surface area contributed by atoms with Crippen molar-refractivity contribution in [1.82, 2.24) is 10.4 Å². The van der Waals surface area contributed by atoms with E-state index >= 15 is 0 Å². The van der Waals surface area contributed by atoms with Crippen LogP contribution in [0.3, 0.4) is 0 Å². The van der Waals surface area contributed by atoms with Crippen LogP contribution in [0, 0.1) is 13.8 Å². The lowest BCUT2D eigenvalue weighted by molar-refractivity contribution is 0.154. The number of hydrazine groups is 1. The van der Waals surface area contributed by atoms with Crippen LogP contribution >= 0.6 is 0 Å². The lowest BCUT2D eigenvalue weighted by Gasteiger charge is -2.16. The highest BCUT2D eigenvalue weighted by Gasteiger charge is 2.18.